The van der Waals surface area contributed by atoms with Crippen molar-refractivity contribution in [3.05, 3.63) is 64.7 Å². The zero-order chi connectivity index (χ0) is 17.9. The molecule has 1 aliphatic rings. The first-order chi connectivity index (χ1) is 12.8. The predicted molar refractivity (Wildman–Crippen MR) is 104 cm³/mol. The van der Waals surface area contributed by atoms with E-state index in [0.717, 1.165) is 34.1 Å². The maximum absolute atomic E-state index is 9.23. The van der Waals surface area contributed by atoms with Crippen LogP contribution in [0.2, 0.25) is 0 Å². The second kappa shape index (κ2) is 7.35. The Morgan fingerprint density at radius 1 is 1.08 bits per heavy atom. The second-order valence-corrected chi connectivity index (χ2v) is 7.56. The SMILES string of the molecule is Cn1c(SCc2ccccc2C#N)nnc1-c1ccc2c(c1)CCCC2. The van der Waals surface area contributed by atoms with Crippen molar-refractivity contribution in [1.82, 2.24) is 14.8 Å². The molecule has 0 bridgehead atoms. The maximum atomic E-state index is 9.23. The smallest absolute Gasteiger partial charge is 0.191 e. The number of nitriles is 1. The van der Waals surface area contributed by atoms with E-state index in [0.29, 0.717) is 5.75 Å². The second-order valence-electron chi connectivity index (χ2n) is 6.61. The number of fused-ring (bicyclic) bond motifs is 1. The molecule has 3 aromatic rings. The molecule has 0 saturated carbocycles. The minimum Gasteiger partial charge on any atom is -0.305 e. The van der Waals surface area contributed by atoms with Crippen molar-refractivity contribution in [2.24, 2.45) is 7.05 Å². The van der Waals surface area contributed by atoms with E-state index in [1.165, 1.54) is 30.4 Å². The van der Waals surface area contributed by atoms with Gasteiger partial charge in [0.15, 0.2) is 11.0 Å². The molecule has 0 unspecified atom stereocenters. The van der Waals surface area contributed by atoms with Crippen LogP contribution in [0.4, 0.5) is 0 Å². The Bertz CT molecular complexity index is 984. The number of aryl methyl sites for hydroxylation is 2. The summed E-state index contributed by atoms with van der Waals surface area (Å²) in [7, 11) is 2.01. The van der Waals surface area contributed by atoms with Gasteiger partial charge in [-0.2, -0.15) is 5.26 Å². The molecule has 4 nitrogen and oxygen atoms in total. The quantitative estimate of drug-likeness (QED) is 0.642. The Labute approximate surface area is 157 Å². The van der Waals surface area contributed by atoms with Gasteiger partial charge in [0.2, 0.25) is 0 Å². The van der Waals surface area contributed by atoms with E-state index in [4.69, 9.17) is 0 Å². The summed E-state index contributed by atoms with van der Waals surface area (Å²) < 4.78 is 2.05. The van der Waals surface area contributed by atoms with Gasteiger partial charge in [0.1, 0.15) is 0 Å². The monoisotopic (exact) mass is 360 g/mol. The standard InChI is InChI=1S/C21H20N4S/c1-25-20(17-11-10-15-6-2-3-7-16(15)12-17)23-24-21(25)26-14-19-9-5-4-8-18(19)13-22/h4-5,8-12H,2-3,6-7,14H2,1H3. The number of thioether (sulfide) groups is 1. The fourth-order valence-corrected chi connectivity index (χ4v) is 4.38. The van der Waals surface area contributed by atoms with Crippen molar-refractivity contribution >= 4 is 11.8 Å². The number of nitrogens with zero attached hydrogens (tertiary/aromatic N) is 4. The maximum Gasteiger partial charge on any atom is 0.191 e. The Morgan fingerprint density at radius 2 is 1.88 bits per heavy atom. The molecule has 130 valence electrons. The minimum atomic E-state index is 0.708. The van der Waals surface area contributed by atoms with Gasteiger partial charge in [-0.1, -0.05) is 42.1 Å². The lowest BCUT2D eigenvalue weighted by Gasteiger charge is -2.16. The average Bonchev–Trinajstić information content (AvgIpc) is 3.06. The molecule has 0 aliphatic heterocycles. The van der Waals surface area contributed by atoms with Crippen LogP contribution in [-0.2, 0) is 25.6 Å². The molecule has 5 heteroatoms. The van der Waals surface area contributed by atoms with Gasteiger partial charge in [0.25, 0.3) is 0 Å². The van der Waals surface area contributed by atoms with Crippen molar-refractivity contribution in [3.63, 3.8) is 0 Å². The molecule has 1 aromatic heterocycles. The highest BCUT2D eigenvalue weighted by atomic mass is 32.2. The van der Waals surface area contributed by atoms with Gasteiger partial charge < -0.3 is 4.57 Å². The van der Waals surface area contributed by atoms with Crippen LogP contribution in [0.5, 0.6) is 0 Å². The van der Waals surface area contributed by atoms with Crippen LogP contribution in [0.15, 0.2) is 47.6 Å². The van der Waals surface area contributed by atoms with Gasteiger partial charge in [-0.05, 0) is 54.5 Å². The first-order valence-electron chi connectivity index (χ1n) is 8.88. The van der Waals surface area contributed by atoms with Crippen molar-refractivity contribution in [2.45, 2.75) is 36.6 Å². The molecule has 26 heavy (non-hydrogen) atoms. The van der Waals surface area contributed by atoms with Gasteiger partial charge >= 0.3 is 0 Å². The van der Waals surface area contributed by atoms with Gasteiger partial charge in [-0.25, -0.2) is 0 Å². The average molecular weight is 360 g/mol. The normalized spacial score (nSPS) is 13.2. The number of benzene rings is 2. The zero-order valence-electron chi connectivity index (χ0n) is 14.8. The van der Waals surface area contributed by atoms with Gasteiger partial charge in [-0.15, -0.1) is 10.2 Å². The van der Waals surface area contributed by atoms with Gasteiger partial charge in [0, 0.05) is 18.4 Å². The Kier molecular flexibility index (Phi) is 4.77. The molecule has 0 atom stereocenters. The van der Waals surface area contributed by atoms with E-state index in [1.54, 1.807) is 11.8 Å². The third-order valence-electron chi connectivity index (χ3n) is 4.94. The molecular weight excluding hydrogens is 340 g/mol. The van der Waals surface area contributed by atoms with E-state index in [9.17, 15) is 5.26 Å². The lowest BCUT2D eigenvalue weighted by atomic mass is 9.90. The van der Waals surface area contributed by atoms with Gasteiger partial charge in [-0.3, -0.25) is 0 Å². The molecule has 0 fully saturated rings. The lowest BCUT2D eigenvalue weighted by molar-refractivity contribution is 0.685. The highest BCUT2D eigenvalue weighted by Crippen LogP contribution is 2.29. The first-order valence-corrected chi connectivity index (χ1v) is 9.87. The highest BCUT2D eigenvalue weighted by Gasteiger charge is 2.15. The van der Waals surface area contributed by atoms with Crippen LogP contribution >= 0.6 is 11.8 Å². The minimum absolute atomic E-state index is 0.708. The summed E-state index contributed by atoms with van der Waals surface area (Å²) in [6, 6.07) is 16.6. The molecule has 2 aromatic carbocycles. The number of hydrogen-bond donors (Lipinski definition) is 0. The molecule has 1 heterocycles. The summed E-state index contributed by atoms with van der Waals surface area (Å²) in [5, 5.41) is 18.9. The molecule has 0 radical (unpaired) electrons. The predicted octanol–water partition coefficient (Wildman–Crippen LogP) is 4.52. The Balaban J connectivity index is 1.56. The van der Waals surface area contributed by atoms with Crippen molar-refractivity contribution in [3.8, 4) is 17.5 Å². The molecule has 4 rings (SSSR count). The molecule has 1 aliphatic carbocycles. The van der Waals surface area contributed by atoms with E-state index in [2.05, 4.69) is 34.5 Å². The topological polar surface area (TPSA) is 54.5 Å². The summed E-state index contributed by atoms with van der Waals surface area (Å²) in [5.74, 6) is 1.61. The van der Waals surface area contributed by atoms with E-state index in [-0.39, 0.29) is 0 Å². The molecular formula is C21H20N4S. The molecule has 0 amide bonds. The third-order valence-corrected chi connectivity index (χ3v) is 6.01. The lowest BCUT2D eigenvalue weighted by Crippen LogP contribution is -2.03. The third kappa shape index (κ3) is 3.25. The first kappa shape index (κ1) is 16.9. The van der Waals surface area contributed by atoms with Crippen molar-refractivity contribution < 1.29 is 0 Å². The van der Waals surface area contributed by atoms with Crippen LogP contribution in [0, 0.1) is 11.3 Å². The summed E-state index contributed by atoms with van der Waals surface area (Å²) in [6.45, 7) is 0. The van der Waals surface area contributed by atoms with Crippen LogP contribution < -0.4 is 0 Å². The van der Waals surface area contributed by atoms with Crippen LogP contribution in [0.1, 0.15) is 35.1 Å². The van der Waals surface area contributed by atoms with Crippen molar-refractivity contribution in [2.75, 3.05) is 0 Å². The zero-order valence-corrected chi connectivity index (χ0v) is 15.6. The number of hydrogen-bond acceptors (Lipinski definition) is 4. The summed E-state index contributed by atoms with van der Waals surface area (Å²) in [5.41, 5.74) is 5.80. The van der Waals surface area contributed by atoms with Gasteiger partial charge in [0.05, 0.1) is 11.6 Å². The molecule has 0 saturated heterocycles. The van der Waals surface area contributed by atoms with Crippen molar-refractivity contribution in [1.29, 1.82) is 5.26 Å². The fraction of sp³-hybridized carbons (Fsp3) is 0.286. The number of rotatable bonds is 4. The van der Waals surface area contributed by atoms with Crippen LogP contribution in [0.25, 0.3) is 11.4 Å². The van der Waals surface area contributed by atoms with E-state index < -0.39 is 0 Å². The Morgan fingerprint density at radius 3 is 2.73 bits per heavy atom. The summed E-state index contributed by atoms with van der Waals surface area (Å²) in [4.78, 5) is 0. The van der Waals surface area contributed by atoms with E-state index >= 15 is 0 Å². The fourth-order valence-electron chi connectivity index (χ4n) is 3.46. The van der Waals surface area contributed by atoms with E-state index in [1.807, 2.05) is 35.9 Å². The summed E-state index contributed by atoms with van der Waals surface area (Å²) >= 11 is 1.61. The van der Waals surface area contributed by atoms with Crippen LogP contribution in [-0.4, -0.2) is 14.8 Å². The van der Waals surface area contributed by atoms with Crippen LogP contribution in [0.3, 0.4) is 0 Å². The number of aromatic nitrogens is 3. The largest absolute Gasteiger partial charge is 0.305 e. The molecule has 0 spiro atoms. The molecule has 0 N–H and O–H groups in total. The Hall–Kier alpha value is -2.58. The summed E-state index contributed by atoms with van der Waals surface area (Å²) in [6.07, 6.45) is 4.91. The highest BCUT2D eigenvalue weighted by molar-refractivity contribution is 7.98.